The molecule has 1 fully saturated rings. The maximum absolute atomic E-state index is 13.1. The van der Waals surface area contributed by atoms with E-state index in [1.165, 1.54) is 0 Å². The summed E-state index contributed by atoms with van der Waals surface area (Å²) in [5.74, 6) is 0.718. The number of likely N-dealkylation sites (tertiary alicyclic amines) is 1. The third kappa shape index (κ3) is 4.19. The lowest BCUT2D eigenvalue weighted by atomic mass is 9.93. The van der Waals surface area contributed by atoms with Crippen LogP contribution in [0.1, 0.15) is 43.0 Å². The largest absolute Gasteiger partial charge is 0.497 e. The van der Waals surface area contributed by atoms with Gasteiger partial charge in [0, 0.05) is 12.6 Å². The summed E-state index contributed by atoms with van der Waals surface area (Å²) in [6, 6.07) is 17.7. The highest BCUT2D eigenvalue weighted by Crippen LogP contribution is 2.35. The van der Waals surface area contributed by atoms with E-state index >= 15 is 0 Å². The monoisotopic (exact) mass is 374 g/mol. The van der Waals surface area contributed by atoms with Gasteiger partial charge in [-0.25, -0.2) is 0 Å². The fraction of sp³-hybridized carbons (Fsp3) is 0.381. The molecule has 2 aromatic carbocycles. The normalized spacial score (nSPS) is 18.7. The maximum Gasteiger partial charge on any atom is 0.227 e. The molecular formula is C21H27ClN2O2. The molecule has 5 heteroatoms. The van der Waals surface area contributed by atoms with Crippen LogP contribution in [0.2, 0.25) is 0 Å². The molecular weight excluding hydrogens is 348 g/mol. The van der Waals surface area contributed by atoms with Crippen LogP contribution in [0, 0.1) is 5.92 Å². The molecule has 0 aliphatic carbocycles. The molecule has 1 aliphatic rings. The molecule has 0 radical (unpaired) electrons. The van der Waals surface area contributed by atoms with Gasteiger partial charge in [-0.1, -0.05) is 49.4 Å². The molecule has 0 aromatic heterocycles. The highest BCUT2D eigenvalue weighted by molar-refractivity contribution is 5.85. The van der Waals surface area contributed by atoms with Crippen molar-refractivity contribution >= 4 is 18.3 Å². The second-order valence-corrected chi connectivity index (χ2v) is 6.69. The third-order valence-electron chi connectivity index (χ3n) is 5.15. The van der Waals surface area contributed by atoms with Gasteiger partial charge < -0.3 is 15.4 Å². The Morgan fingerprint density at radius 1 is 1.15 bits per heavy atom. The summed E-state index contributed by atoms with van der Waals surface area (Å²) >= 11 is 0. The van der Waals surface area contributed by atoms with E-state index in [1.54, 1.807) is 7.11 Å². The lowest BCUT2D eigenvalue weighted by molar-refractivity contribution is -0.136. The first kappa shape index (κ1) is 20.3. The number of methoxy groups -OCH3 is 1. The summed E-state index contributed by atoms with van der Waals surface area (Å²) in [5, 5.41) is 0. The van der Waals surface area contributed by atoms with Crippen LogP contribution in [0.15, 0.2) is 54.6 Å². The Kier molecular flexibility index (Phi) is 7.06. The summed E-state index contributed by atoms with van der Waals surface area (Å²) in [4.78, 5) is 15.1. The minimum Gasteiger partial charge on any atom is -0.497 e. The molecule has 1 saturated heterocycles. The minimum absolute atomic E-state index is 0. The highest BCUT2D eigenvalue weighted by atomic mass is 35.5. The first-order chi connectivity index (χ1) is 12.1. The number of hydrogen-bond acceptors (Lipinski definition) is 3. The lowest BCUT2D eigenvalue weighted by Crippen LogP contribution is -2.39. The second kappa shape index (κ2) is 9.06. The quantitative estimate of drug-likeness (QED) is 0.856. The van der Waals surface area contributed by atoms with Crippen LogP contribution in [0.5, 0.6) is 5.75 Å². The average molecular weight is 375 g/mol. The second-order valence-electron chi connectivity index (χ2n) is 6.69. The number of nitrogens with zero attached hydrogens (tertiary/aromatic N) is 1. The zero-order valence-corrected chi connectivity index (χ0v) is 16.1. The molecule has 1 aliphatic heterocycles. The molecule has 2 N–H and O–H groups in total. The molecule has 2 aromatic rings. The van der Waals surface area contributed by atoms with Gasteiger partial charge in [-0.2, -0.15) is 0 Å². The van der Waals surface area contributed by atoms with Crippen molar-refractivity contribution in [3.8, 4) is 5.75 Å². The molecule has 3 unspecified atom stereocenters. The Balaban J connectivity index is 0.00000243. The molecule has 0 spiro atoms. The average Bonchev–Trinajstić information content (AvgIpc) is 3.16. The Labute approximate surface area is 161 Å². The number of rotatable bonds is 5. The van der Waals surface area contributed by atoms with Gasteiger partial charge in [0.05, 0.1) is 19.1 Å². The zero-order chi connectivity index (χ0) is 17.8. The first-order valence-electron chi connectivity index (χ1n) is 8.86. The van der Waals surface area contributed by atoms with Crippen LogP contribution in [-0.2, 0) is 4.79 Å². The highest BCUT2D eigenvalue weighted by Gasteiger charge is 2.34. The summed E-state index contributed by atoms with van der Waals surface area (Å²) in [7, 11) is 1.66. The number of halogens is 1. The van der Waals surface area contributed by atoms with E-state index in [-0.39, 0.29) is 36.3 Å². The number of nitrogens with two attached hydrogens (primary N) is 1. The Morgan fingerprint density at radius 3 is 2.42 bits per heavy atom. The van der Waals surface area contributed by atoms with E-state index in [0.29, 0.717) is 0 Å². The van der Waals surface area contributed by atoms with Crippen molar-refractivity contribution in [3.05, 3.63) is 65.7 Å². The van der Waals surface area contributed by atoms with Crippen molar-refractivity contribution < 1.29 is 9.53 Å². The SMILES string of the molecule is COc1ccc(C2CCCN2C(=O)C(C)C(N)c2ccccc2)cc1.Cl. The van der Waals surface area contributed by atoms with Crippen molar-refractivity contribution in [1.29, 1.82) is 0 Å². The smallest absolute Gasteiger partial charge is 0.227 e. The van der Waals surface area contributed by atoms with Gasteiger partial charge in [-0.05, 0) is 36.1 Å². The molecule has 26 heavy (non-hydrogen) atoms. The topological polar surface area (TPSA) is 55.6 Å². The first-order valence-corrected chi connectivity index (χ1v) is 8.86. The van der Waals surface area contributed by atoms with Crippen LogP contribution < -0.4 is 10.5 Å². The van der Waals surface area contributed by atoms with Gasteiger partial charge in [0.2, 0.25) is 5.91 Å². The number of benzene rings is 2. The molecule has 3 rings (SSSR count). The predicted octanol–water partition coefficient (Wildman–Crippen LogP) is 4.12. The standard InChI is InChI=1S/C21H26N2O2.ClH/c1-15(20(22)17-7-4-3-5-8-17)21(24)23-14-6-9-19(23)16-10-12-18(25-2)13-11-16;/h3-5,7-8,10-13,15,19-20H,6,9,14,22H2,1-2H3;1H. The molecule has 140 valence electrons. The zero-order valence-electron chi connectivity index (χ0n) is 15.3. The maximum atomic E-state index is 13.1. The lowest BCUT2D eigenvalue weighted by Gasteiger charge is -2.30. The van der Waals surface area contributed by atoms with Gasteiger partial charge in [-0.15, -0.1) is 12.4 Å². The van der Waals surface area contributed by atoms with E-state index in [0.717, 1.165) is 36.3 Å². The van der Waals surface area contributed by atoms with Gasteiger partial charge in [-0.3, -0.25) is 4.79 Å². The van der Waals surface area contributed by atoms with E-state index in [4.69, 9.17) is 10.5 Å². The number of carbonyl (C=O) groups excluding carboxylic acids is 1. The molecule has 1 heterocycles. The minimum atomic E-state index is -0.286. The van der Waals surface area contributed by atoms with Crippen LogP contribution in [0.25, 0.3) is 0 Å². The van der Waals surface area contributed by atoms with Gasteiger partial charge in [0.25, 0.3) is 0 Å². The van der Waals surface area contributed by atoms with E-state index in [2.05, 4.69) is 12.1 Å². The number of amides is 1. The van der Waals surface area contributed by atoms with E-state index in [1.807, 2.05) is 54.3 Å². The fourth-order valence-electron chi connectivity index (χ4n) is 3.58. The Hall–Kier alpha value is -2.04. The number of hydrogen-bond donors (Lipinski definition) is 1. The van der Waals surface area contributed by atoms with Crippen LogP contribution in [-0.4, -0.2) is 24.5 Å². The van der Waals surface area contributed by atoms with Crippen molar-refractivity contribution in [3.63, 3.8) is 0 Å². The molecule has 0 saturated carbocycles. The fourth-order valence-corrected chi connectivity index (χ4v) is 3.58. The van der Waals surface area contributed by atoms with Crippen molar-refractivity contribution in [2.24, 2.45) is 11.7 Å². The molecule has 0 bridgehead atoms. The van der Waals surface area contributed by atoms with Gasteiger partial charge in [0.1, 0.15) is 5.75 Å². The number of carbonyl (C=O) groups is 1. The summed E-state index contributed by atoms with van der Waals surface area (Å²) in [6.45, 7) is 2.73. The van der Waals surface area contributed by atoms with Crippen LogP contribution in [0.3, 0.4) is 0 Å². The van der Waals surface area contributed by atoms with E-state index in [9.17, 15) is 4.79 Å². The Morgan fingerprint density at radius 2 is 1.81 bits per heavy atom. The summed E-state index contributed by atoms with van der Waals surface area (Å²) in [6.07, 6.45) is 2.01. The van der Waals surface area contributed by atoms with Crippen molar-refractivity contribution in [2.45, 2.75) is 31.8 Å². The molecule has 3 atom stereocenters. The van der Waals surface area contributed by atoms with Crippen LogP contribution >= 0.6 is 12.4 Å². The summed E-state index contributed by atoms with van der Waals surface area (Å²) < 4.78 is 5.23. The Bertz CT molecular complexity index is 706. The summed E-state index contributed by atoms with van der Waals surface area (Å²) in [5.41, 5.74) is 8.53. The third-order valence-corrected chi connectivity index (χ3v) is 5.15. The van der Waals surface area contributed by atoms with E-state index < -0.39 is 0 Å². The van der Waals surface area contributed by atoms with Crippen molar-refractivity contribution in [1.82, 2.24) is 4.90 Å². The molecule has 4 nitrogen and oxygen atoms in total. The predicted molar refractivity (Wildman–Crippen MR) is 106 cm³/mol. The van der Waals surface area contributed by atoms with Gasteiger partial charge in [0.15, 0.2) is 0 Å². The molecule has 1 amide bonds. The van der Waals surface area contributed by atoms with Crippen molar-refractivity contribution in [2.75, 3.05) is 13.7 Å². The van der Waals surface area contributed by atoms with Gasteiger partial charge >= 0.3 is 0 Å². The number of ether oxygens (including phenoxy) is 1. The van der Waals surface area contributed by atoms with Crippen LogP contribution in [0.4, 0.5) is 0 Å².